The fourth-order valence-corrected chi connectivity index (χ4v) is 10.5. The Bertz CT molecular complexity index is 2420. The molecular weight excluding hydrogens is 833 g/mol. The highest BCUT2D eigenvalue weighted by atomic mass is 16.5. The van der Waals surface area contributed by atoms with Gasteiger partial charge in [0.25, 0.3) is 5.91 Å². The summed E-state index contributed by atoms with van der Waals surface area (Å²) >= 11 is 0. The van der Waals surface area contributed by atoms with Gasteiger partial charge in [-0.2, -0.15) is 10.1 Å². The minimum atomic E-state index is -1.49. The van der Waals surface area contributed by atoms with E-state index in [4.69, 9.17) is 6.58 Å². The van der Waals surface area contributed by atoms with Gasteiger partial charge in [0.1, 0.15) is 0 Å². The molecule has 0 unspecified atom stereocenters. The third kappa shape index (κ3) is 10.7. The van der Waals surface area contributed by atoms with Gasteiger partial charge in [0, 0.05) is 50.1 Å². The highest BCUT2D eigenvalue weighted by Crippen LogP contribution is 2.49. The number of anilines is 1. The monoisotopic (exact) mass is 907 g/mol. The summed E-state index contributed by atoms with van der Waals surface area (Å²) in [5.74, 6) is -4.35. The van der Waals surface area contributed by atoms with Crippen LogP contribution in [0.2, 0.25) is 0 Å². The van der Waals surface area contributed by atoms with E-state index in [1.165, 1.54) is 10.1 Å². The zero-order valence-corrected chi connectivity index (χ0v) is 41.8. The highest BCUT2D eigenvalue weighted by molar-refractivity contribution is 6.16. The molecule has 358 valence electrons. The van der Waals surface area contributed by atoms with Gasteiger partial charge in [0.15, 0.2) is 5.78 Å². The van der Waals surface area contributed by atoms with Crippen molar-refractivity contribution in [2.24, 2.45) is 5.41 Å². The van der Waals surface area contributed by atoms with Gasteiger partial charge in [-0.05, 0) is 178 Å². The normalized spacial score (nSPS) is 21.3. The smallest absolute Gasteiger partial charge is 0.336 e. The van der Waals surface area contributed by atoms with Crippen LogP contribution < -0.4 is 10.6 Å². The average molecular weight is 907 g/mol. The number of Topliss-reactive ketones (excluding diaryl/α,β-unsaturated/α-hetero) is 1. The molecule has 66 heavy (non-hydrogen) atoms. The number of nitrogens with one attached hydrogen (secondary N) is 2. The Morgan fingerprint density at radius 2 is 1.21 bits per heavy atom. The molecule has 6 N–H and O–H groups in total. The number of hydrogen-bond acceptors (Lipinski definition) is 9. The Morgan fingerprint density at radius 3 is 1.71 bits per heavy atom. The number of ketones is 1. The van der Waals surface area contributed by atoms with Crippen LogP contribution in [-0.4, -0.2) is 82.1 Å². The Balaban J connectivity index is 1.84. The molecular formula is C54H74N4O8. The van der Waals surface area contributed by atoms with Crippen LogP contribution >= 0.6 is 0 Å². The predicted molar refractivity (Wildman–Crippen MR) is 262 cm³/mol. The number of allylic oxidation sites excluding steroid dienone is 6. The van der Waals surface area contributed by atoms with Crippen molar-refractivity contribution in [3.63, 3.8) is 0 Å². The molecule has 0 atom stereocenters. The molecule has 2 heterocycles. The molecule has 5 rings (SSSR count). The number of carbonyl (C=O) groups excluding carboxylic acids is 2. The second kappa shape index (κ2) is 18.5. The number of amides is 1. The van der Waals surface area contributed by atoms with Crippen molar-refractivity contribution in [1.82, 2.24) is 15.4 Å². The van der Waals surface area contributed by atoms with Crippen LogP contribution in [0.25, 0.3) is 11.1 Å². The number of carbonyl (C=O) groups is 4. The second-order valence-electron chi connectivity index (χ2n) is 22.5. The maximum Gasteiger partial charge on any atom is 0.336 e. The number of carboxylic acid groups (broad SMARTS) is 2. The molecule has 12 heteroatoms. The van der Waals surface area contributed by atoms with E-state index in [-0.39, 0.29) is 11.1 Å². The number of aromatic carboxylic acids is 2. The topological polar surface area (TPSA) is 180 Å². The minimum absolute atomic E-state index is 0.225. The number of hydrogen-bond donors (Lipinski definition) is 6. The molecule has 0 saturated carbocycles. The summed E-state index contributed by atoms with van der Waals surface area (Å²) in [6.07, 6.45) is 11.2. The molecule has 2 aliphatic heterocycles. The van der Waals surface area contributed by atoms with Crippen molar-refractivity contribution >= 4 is 40.5 Å². The standard InChI is InChI=1S/C54H74N4O8/c1-16-23-50(6,7)56-36-19-18-20-37(33-28-51(8,9)57(65)52(10,11)29-33)39-25-35(21-22-38(39)44(32(3)24-36)34-30-53(12,13)58(66)54(14,15)31-34)55-46(60)41-27-42(47(61)62)40(26-43(41)48(63)64)45(59)49(4,5)17-2/h18-19,21-22,24-27,56,65-66H,3,16-17,20,23,28-31H2,1-2,4-15H3,(H,55,60)(H,61,62)(H,63,64)/b19-18-,36-24+. The Kier molecular flexibility index (Phi) is 14.5. The molecule has 3 aliphatic rings. The molecule has 0 aromatic heterocycles. The summed E-state index contributed by atoms with van der Waals surface area (Å²) in [5.41, 5.74) is 2.33. The zero-order chi connectivity index (χ0) is 49.7. The largest absolute Gasteiger partial charge is 0.478 e. The van der Waals surface area contributed by atoms with E-state index in [9.17, 15) is 39.8 Å². The first-order valence-electron chi connectivity index (χ1n) is 23.2. The van der Waals surface area contributed by atoms with E-state index in [0.717, 1.165) is 69.7 Å². The van der Waals surface area contributed by atoms with Gasteiger partial charge in [0.05, 0.1) is 16.7 Å². The molecule has 0 bridgehead atoms. The summed E-state index contributed by atoms with van der Waals surface area (Å²) in [6, 6.07) is 7.57. The molecule has 2 fully saturated rings. The van der Waals surface area contributed by atoms with Crippen LogP contribution in [0.5, 0.6) is 0 Å². The van der Waals surface area contributed by atoms with Gasteiger partial charge in [-0.15, -0.1) is 0 Å². The van der Waals surface area contributed by atoms with Gasteiger partial charge in [-0.3, -0.25) is 9.59 Å². The average Bonchev–Trinajstić information content (AvgIpc) is 3.19. The maximum absolute atomic E-state index is 14.4. The van der Waals surface area contributed by atoms with Crippen LogP contribution in [0, 0.1) is 5.41 Å². The Labute approximate surface area is 392 Å². The number of hydroxylamine groups is 4. The van der Waals surface area contributed by atoms with E-state index in [2.05, 4.69) is 49.6 Å². The molecule has 1 amide bonds. The second-order valence-corrected chi connectivity index (χ2v) is 22.5. The lowest BCUT2D eigenvalue weighted by Crippen LogP contribution is -2.57. The van der Waals surface area contributed by atoms with Crippen molar-refractivity contribution in [3.8, 4) is 0 Å². The van der Waals surface area contributed by atoms with Gasteiger partial charge >= 0.3 is 11.9 Å². The third-order valence-electron chi connectivity index (χ3n) is 13.8. The number of nitrogens with zero attached hydrogens (tertiary/aromatic N) is 2. The highest BCUT2D eigenvalue weighted by Gasteiger charge is 2.46. The van der Waals surface area contributed by atoms with Gasteiger partial charge in [0.2, 0.25) is 0 Å². The molecule has 1 aliphatic carbocycles. The van der Waals surface area contributed by atoms with E-state index in [0.29, 0.717) is 44.2 Å². The summed E-state index contributed by atoms with van der Waals surface area (Å²) in [6.45, 7) is 32.5. The lowest BCUT2D eigenvalue weighted by Gasteiger charge is -2.50. The van der Waals surface area contributed by atoms with Crippen molar-refractivity contribution in [2.75, 3.05) is 5.32 Å². The fraction of sp³-hybridized carbons (Fsp3) is 0.519. The first-order valence-corrected chi connectivity index (χ1v) is 23.2. The van der Waals surface area contributed by atoms with E-state index in [1.54, 1.807) is 26.8 Å². The SMILES string of the molecule is C=C1/C=C(NC(C)(C)CCC)\C=C/CC(=C2CC(C)(C)N(O)C(C)(C)C2)c2cc(NC(=O)c3cc(C(=O)O)c(C(=O)C(C)(C)CC)cc3C(=O)O)ccc2C1=C1CC(C)(C)N(O)C(C)(C)C1. The molecule has 0 spiro atoms. The number of piperidine rings is 2. The quantitative estimate of drug-likeness (QED) is 0.118. The van der Waals surface area contributed by atoms with Gasteiger partial charge in [-0.1, -0.05) is 64.0 Å². The van der Waals surface area contributed by atoms with Gasteiger partial charge < -0.3 is 31.3 Å². The van der Waals surface area contributed by atoms with Crippen molar-refractivity contribution in [2.45, 2.75) is 176 Å². The lowest BCUT2D eigenvalue weighted by molar-refractivity contribution is -0.232. The van der Waals surface area contributed by atoms with Gasteiger partial charge in [-0.25, -0.2) is 9.59 Å². The summed E-state index contributed by atoms with van der Waals surface area (Å²) < 4.78 is 0. The molecule has 2 saturated heterocycles. The van der Waals surface area contributed by atoms with E-state index >= 15 is 0 Å². The molecule has 0 radical (unpaired) electrons. The summed E-state index contributed by atoms with van der Waals surface area (Å²) in [5, 5.41) is 53.2. The van der Waals surface area contributed by atoms with Crippen molar-refractivity contribution in [1.29, 1.82) is 0 Å². The zero-order valence-electron chi connectivity index (χ0n) is 41.8. The van der Waals surface area contributed by atoms with Crippen LogP contribution in [-0.2, 0) is 0 Å². The molecule has 12 nitrogen and oxygen atoms in total. The Morgan fingerprint density at radius 1 is 0.712 bits per heavy atom. The molecule has 2 aromatic carbocycles. The fourth-order valence-electron chi connectivity index (χ4n) is 10.5. The minimum Gasteiger partial charge on any atom is -0.478 e. The van der Waals surface area contributed by atoms with Crippen LogP contribution in [0.3, 0.4) is 0 Å². The third-order valence-corrected chi connectivity index (χ3v) is 13.8. The number of benzene rings is 2. The number of carboxylic acids is 2. The van der Waals surface area contributed by atoms with Crippen LogP contribution in [0.1, 0.15) is 201 Å². The van der Waals surface area contributed by atoms with Crippen LogP contribution in [0.4, 0.5) is 5.69 Å². The van der Waals surface area contributed by atoms with Crippen LogP contribution in [0.15, 0.2) is 77.6 Å². The summed E-state index contributed by atoms with van der Waals surface area (Å²) in [7, 11) is 0. The first-order chi connectivity index (χ1) is 30.3. The predicted octanol–water partition coefficient (Wildman–Crippen LogP) is 12.1. The van der Waals surface area contributed by atoms with Crippen molar-refractivity contribution in [3.05, 3.63) is 111 Å². The lowest BCUT2D eigenvalue weighted by atomic mass is 9.72. The molecule has 2 aromatic rings. The van der Waals surface area contributed by atoms with E-state index < -0.39 is 67.9 Å². The Hall–Kier alpha value is -5.14. The first kappa shape index (κ1) is 51.8. The summed E-state index contributed by atoms with van der Waals surface area (Å²) in [4.78, 5) is 53.4. The number of fused-ring (bicyclic) bond motifs is 1. The van der Waals surface area contributed by atoms with E-state index in [1.807, 2.05) is 67.5 Å². The maximum atomic E-state index is 14.4. The van der Waals surface area contributed by atoms with Crippen molar-refractivity contribution < 1.29 is 39.8 Å². The number of rotatable bonds is 11.